The van der Waals surface area contributed by atoms with Crippen LogP contribution in [0.1, 0.15) is 31.4 Å². The minimum Gasteiger partial charge on any atom is -0.494 e. The van der Waals surface area contributed by atoms with Gasteiger partial charge in [-0.05, 0) is 61.2 Å². The Balaban J connectivity index is 1.63. The number of nitrogens with one attached hydrogen (secondary N) is 1. The highest BCUT2D eigenvalue weighted by Gasteiger charge is 2.19. The van der Waals surface area contributed by atoms with E-state index in [1.807, 2.05) is 26.0 Å². The van der Waals surface area contributed by atoms with Crippen LogP contribution in [-0.2, 0) is 22.9 Å². The van der Waals surface area contributed by atoms with E-state index in [-0.39, 0.29) is 10.9 Å². The Morgan fingerprint density at radius 2 is 1.96 bits per heavy atom. The van der Waals surface area contributed by atoms with Gasteiger partial charge >= 0.3 is 0 Å². The molecule has 140 valence electrons. The number of sulfonamides is 1. The van der Waals surface area contributed by atoms with Crippen molar-refractivity contribution in [3.63, 3.8) is 0 Å². The Bertz CT molecular complexity index is 847. The predicted octanol–water partition coefficient (Wildman–Crippen LogP) is 3.32. The summed E-state index contributed by atoms with van der Waals surface area (Å²) in [7, 11) is -3.56. The molecule has 6 heteroatoms. The van der Waals surface area contributed by atoms with Crippen LogP contribution in [0.3, 0.4) is 0 Å². The fraction of sp³-hybridized carbons (Fsp3) is 0.400. The van der Waals surface area contributed by atoms with E-state index in [1.54, 1.807) is 24.3 Å². The van der Waals surface area contributed by atoms with Gasteiger partial charge in [-0.3, -0.25) is 0 Å². The summed E-state index contributed by atoms with van der Waals surface area (Å²) in [6.45, 7) is 5.24. The summed E-state index contributed by atoms with van der Waals surface area (Å²) >= 11 is 0. The molecule has 1 heterocycles. The van der Waals surface area contributed by atoms with Crippen LogP contribution in [-0.4, -0.2) is 27.7 Å². The smallest absolute Gasteiger partial charge is 0.240 e. The molecule has 1 N–H and O–H groups in total. The van der Waals surface area contributed by atoms with Crippen molar-refractivity contribution in [3.05, 3.63) is 53.6 Å². The third kappa shape index (κ3) is 4.56. The molecule has 0 amide bonds. The summed E-state index contributed by atoms with van der Waals surface area (Å²) in [6.07, 6.45) is 2.45. The van der Waals surface area contributed by atoms with Gasteiger partial charge in [0.25, 0.3) is 0 Å². The Kier molecular flexibility index (Phi) is 5.84. The molecule has 0 saturated carbocycles. The first-order valence-corrected chi connectivity index (χ1v) is 10.5. The standard InChI is InChI=1S/C20H25NO4S/c1-3-11-24-18-5-7-19(8-6-18)26(22,23)21-15(2)13-16-4-9-20-17(14-16)10-12-25-20/h4-9,14-15,21H,3,10-13H2,1-2H3. The van der Waals surface area contributed by atoms with Gasteiger partial charge in [-0.25, -0.2) is 13.1 Å². The van der Waals surface area contributed by atoms with Crippen LogP contribution >= 0.6 is 0 Å². The van der Waals surface area contributed by atoms with Gasteiger partial charge in [0.2, 0.25) is 10.0 Å². The van der Waals surface area contributed by atoms with E-state index in [4.69, 9.17) is 9.47 Å². The lowest BCUT2D eigenvalue weighted by atomic mass is 10.0. The fourth-order valence-electron chi connectivity index (χ4n) is 3.03. The van der Waals surface area contributed by atoms with E-state index in [1.165, 1.54) is 5.56 Å². The summed E-state index contributed by atoms with van der Waals surface area (Å²) in [5, 5.41) is 0. The maximum absolute atomic E-state index is 12.6. The number of rotatable bonds is 8. The molecule has 0 fully saturated rings. The number of fused-ring (bicyclic) bond motifs is 1. The molecule has 2 aromatic rings. The van der Waals surface area contributed by atoms with E-state index in [2.05, 4.69) is 10.8 Å². The molecular formula is C20H25NO4S. The highest BCUT2D eigenvalue weighted by Crippen LogP contribution is 2.26. The van der Waals surface area contributed by atoms with E-state index in [0.717, 1.165) is 30.8 Å². The van der Waals surface area contributed by atoms with Gasteiger partial charge in [-0.1, -0.05) is 19.1 Å². The van der Waals surface area contributed by atoms with E-state index in [0.29, 0.717) is 18.8 Å². The van der Waals surface area contributed by atoms with Crippen molar-refractivity contribution in [1.82, 2.24) is 4.72 Å². The topological polar surface area (TPSA) is 64.6 Å². The molecule has 0 aromatic heterocycles. The average Bonchev–Trinajstić information content (AvgIpc) is 3.07. The average molecular weight is 375 g/mol. The molecule has 2 aromatic carbocycles. The van der Waals surface area contributed by atoms with Crippen molar-refractivity contribution >= 4 is 10.0 Å². The third-order valence-electron chi connectivity index (χ3n) is 4.26. The minimum atomic E-state index is -3.56. The molecule has 1 aliphatic heterocycles. The van der Waals surface area contributed by atoms with Crippen LogP contribution in [0, 0.1) is 0 Å². The normalized spacial score (nSPS) is 14.5. The number of hydrogen-bond acceptors (Lipinski definition) is 4. The SMILES string of the molecule is CCCOc1ccc(S(=O)(=O)NC(C)Cc2ccc3c(c2)CCO3)cc1. The largest absolute Gasteiger partial charge is 0.494 e. The monoisotopic (exact) mass is 375 g/mol. The van der Waals surface area contributed by atoms with Gasteiger partial charge in [0.15, 0.2) is 0 Å². The van der Waals surface area contributed by atoms with Gasteiger partial charge in [0.05, 0.1) is 18.1 Å². The van der Waals surface area contributed by atoms with Gasteiger partial charge in [-0.15, -0.1) is 0 Å². The highest BCUT2D eigenvalue weighted by atomic mass is 32.2. The molecule has 1 atom stereocenters. The van der Waals surface area contributed by atoms with Crippen LogP contribution in [0.4, 0.5) is 0 Å². The van der Waals surface area contributed by atoms with Crippen LogP contribution < -0.4 is 14.2 Å². The van der Waals surface area contributed by atoms with Crippen LogP contribution in [0.2, 0.25) is 0 Å². The van der Waals surface area contributed by atoms with Crippen molar-refractivity contribution in [3.8, 4) is 11.5 Å². The summed E-state index contributed by atoms with van der Waals surface area (Å²) in [4.78, 5) is 0.246. The summed E-state index contributed by atoms with van der Waals surface area (Å²) in [6, 6.07) is 12.4. The van der Waals surface area contributed by atoms with Crippen molar-refractivity contribution in [2.75, 3.05) is 13.2 Å². The third-order valence-corrected chi connectivity index (χ3v) is 5.86. The van der Waals surface area contributed by atoms with E-state index < -0.39 is 10.0 Å². The quantitative estimate of drug-likeness (QED) is 0.769. The molecule has 0 spiro atoms. The first kappa shape index (κ1) is 18.7. The molecule has 0 aliphatic carbocycles. The molecule has 26 heavy (non-hydrogen) atoms. The zero-order valence-corrected chi connectivity index (χ0v) is 16.0. The molecule has 1 aliphatic rings. The second-order valence-corrected chi connectivity index (χ2v) is 8.30. The Labute approximate surface area is 155 Å². The van der Waals surface area contributed by atoms with Crippen LogP contribution in [0.5, 0.6) is 11.5 Å². The van der Waals surface area contributed by atoms with Crippen molar-refractivity contribution in [2.45, 2.75) is 44.0 Å². The molecule has 1 unspecified atom stereocenters. The second-order valence-electron chi connectivity index (χ2n) is 6.59. The molecule has 0 saturated heterocycles. The first-order chi connectivity index (χ1) is 12.5. The number of benzene rings is 2. The lowest BCUT2D eigenvalue weighted by Gasteiger charge is -2.15. The first-order valence-electron chi connectivity index (χ1n) is 8.98. The number of hydrogen-bond donors (Lipinski definition) is 1. The highest BCUT2D eigenvalue weighted by molar-refractivity contribution is 7.89. The molecule has 5 nitrogen and oxygen atoms in total. The van der Waals surface area contributed by atoms with Crippen molar-refractivity contribution in [2.24, 2.45) is 0 Å². The van der Waals surface area contributed by atoms with Crippen molar-refractivity contribution in [1.29, 1.82) is 0 Å². The Morgan fingerprint density at radius 1 is 1.19 bits per heavy atom. The maximum Gasteiger partial charge on any atom is 0.240 e. The Hall–Kier alpha value is -2.05. The lowest BCUT2D eigenvalue weighted by Crippen LogP contribution is -2.34. The van der Waals surface area contributed by atoms with Gasteiger partial charge in [0, 0.05) is 12.5 Å². The summed E-state index contributed by atoms with van der Waals surface area (Å²) in [5.74, 6) is 1.62. The van der Waals surface area contributed by atoms with Crippen LogP contribution in [0.25, 0.3) is 0 Å². The predicted molar refractivity (Wildman–Crippen MR) is 101 cm³/mol. The zero-order chi connectivity index (χ0) is 18.6. The second kappa shape index (κ2) is 8.10. The van der Waals surface area contributed by atoms with Crippen LogP contribution in [0.15, 0.2) is 47.4 Å². The summed E-state index contributed by atoms with van der Waals surface area (Å²) < 4.78 is 38.9. The molecule has 0 radical (unpaired) electrons. The summed E-state index contributed by atoms with van der Waals surface area (Å²) in [5.41, 5.74) is 2.30. The van der Waals surface area contributed by atoms with Gasteiger partial charge in [-0.2, -0.15) is 0 Å². The molecular weight excluding hydrogens is 350 g/mol. The van der Waals surface area contributed by atoms with E-state index >= 15 is 0 Å². The maximum atomic E-state index is 12.6. The zero-order valence-electron chi connectivity index (χ0n) is 15.2. The van der Waals surface area contributed by atoms with Crippen molar-refractivity contribution < 1.29 is 17.9 Å². The van der Waals surface area contributed by atoms with E-state index in [9.17, 15) is 8.42 Å². The minimum absolute atomic E-state index is 0.212. The van der Waals surface area contributed by atoms with Gasteiger partial charge in [0.1, 0.15) is 11.5 Å². The van der Waals surface area contributed by atoms with Gasteiger partial charge < -0.3 is 9.47 Å². The molecule has 3 rings (SSSR count). The number of ether oxygens (including phenoxy) is 2. The molecule has 0 bridgehead atoms. The fourth-order valence-corrected chi connectivity index (χ4v) is 4.27. The lowest BCUT2D eigenvalue weighted by molar-refractivity contribution is 0.317. The Morgan fingerprint density at radius 3 is 2.69 bits per heavy atom.